The number of para-hydroxylation sites is 1. The molecule has 2 nitrogen and oxygen atoms in total. The van der Waals surface area contributed by atoms with Gasteiger partial charge in [-0.15, -0.1) is 0 Å². The number of nitrogens with zero attached hydrogens (tertiary/aromatic N) is 2. The Kier molecular flexibility index (Phi) is 5.20. The molecule has 0 saturated heterocycles. The summed E-state index contributed by atoms with van der Waals surface area (Å²) in [5.74, 6) is 0. The molecule has 0 radical (unpaired) electrons. The maximum Gasteiger partial charge on any atom is 0.221 e. The highest BCUT2D eigenvalue weighted by molar-refractivity contribution is 6.38. The molecular weight excluding hydrogens is 388 g/mol. The Morgan fingerprint density at radius 3 is 1.84 bits per heavy atom. The van der Waals surface area contributed by atoms with Crippen LogP contribution >= 0.6 is 0 Å². The molecule has 0 aromatic heterocycles. The maximum absolute atomic E-state index is 2.33. The zero-order valence-corrected chi connectivity index (χ0v) is 18.8. The van der Waals surface area contributed by atoms with Gasteiger partial charge in [0.15, 0.2) is 0 Å². The zero-order chi connectivity index (χ0) is 22.1. The van der Waals surface area contributed by atoms with Gasteiger partial charge in [0, 0.05) is 37.0 Å². The van der Waals surface area contributed by atoms with Crippen LogP contribution in [0.1, 0.15) is 22.3 Å². The van der Waals surface area contributed by atoms with Gasteiger partial charge in [-0.3, -0.25) is 0 Å². The standard InChI is InChI=1S/C30H27N2/c1-31(2)25-20-18-23(19-21-25)28(22-12-6-4-7-13-22)29-26-16-10-11-17-27(26)32(3)30(29)24-14-8-5-9-15-24/h4-21H,1-3H3/q+1. The van der Waals surface area contributed by atoms with Gasteiger partial charge >= 0.3 is 0 Å². The number of hydrogen-bond donors (Lipinski definition) is 0. The third-order valence-corrected chi connectivity index (χ3v) is 6.14. The van der Waals surface area contributed by atoms with Gasteiger partial charge in [-0.2, -0.15) is 4.58 Å². The Morgan fingerprint density at radius 2 is 1.19 bits per heavy atom. The molecule has 2 heteroatoms. The van der Waals surface area contributed by atoms with Crippen LogP contribution in [0.15, 0.2) is 109 Å². The quantitative estimate of drug-likeness (QED) is 0.345. The van der Waals surface area contributed by atoms with Crippen molar-refractivity contribution in [3.8, 4) is 0 Å². The first kappa shape index (κ1) is 20.0. The first-order valence-corrected chi connectivity index (χ1v) is 11.0. The van der Waals surface area contributed by atoms with Gasteiger partial charge in [0.05, 0.1) is 11.1 Å². The van der Waals surface area contributed by atoms with E-state index >= 15 is 0 Å². The second-order valence-electron chi connectivity index (χ2n) is 8.35. The number of benzene rings is 4. The fourth-order valence-electron chi connectivity index (χ4n) is 4.57. The molecule has 0 amide bonds. The van der Waals surface area contributed by atoms with E-state index in [0.717, 1.165) is 0 Å². The summed E-state index contributed by atoms with van der Waals surface area (Å²) in [4.78, 5) is 2.14. The molecule has 4 aromatic carbocycles. The summed E-state index contributed by atoms with van der Waals surface area (Å²) in [6, 6.07) is 39.1. The Labute approximate surface area is 190 Å². The highest BCUT2D eigenvalue weighted by Crippen LogP contribution is 2.42. The monoisotopic (exact) mass is 415 g/mol. The van der Waals surface area contributed by atoms with Gasteiger partial charge in [-0.25, -0.2) is 0 Å². The lowest BCUT2D eigenvalue weighted by molar-refractivity contribution is -0.400. The minimum atomic E-state index is 1.20. The van der Waals surface area contributed by atoms with Crippen LogP contribution in [0.5, 0.6) is 0 Å². The van der Waals surface area contributed by atoms with E-state index in [1.165, 1.54) is 50.5 Å². The number of rotatable bonds is 4. The van der Waals surface area contributed by atoms with Crippen molar-refractivity contribution in [2.75, 3.05) is 26.0 Å². The van der Waals surface area contributed by atoms with Crippen molar-refractivity contribution in [1.29, 1.82) is 0 Å². The molecule has 0 N–H and O–H groups in total. The molecular formula is C30H27N2+. The molecule has 0 spiro atoms. The van der Waals surface area contributed by atoms with Gasteiger partial charge in [0.2, 0.25) is 11.4 Å². The van der Waals surface area contributed by atoms with Crippen molar-refractivity contribution in [2.24, 2.45) is 0 Å². The van der Waals surface area contributed by atoms with E-state index in [1.807, 2.05) is 0 Å². The van der Waals surface area contributed by atoms with E-state index in [0.29, 0.717) is 0 Å². The van der Waals surface area contributed by atoms with Crippen LogP contribution < -0.4 is 4.90 Å². The van der Waals surface area contributed by atoms with Crippen molar-refractivity contribution in [1.82, 2.24) is 0 Å². The van der Waals surface area contributed by atoms with Gasteiger partial charge < -0.3 is 4.90 Å². The molecule has 32 heavy (non-hydrogen) atoms. The fraction of sp³-hybridized carbons (Fsp3) is 0.100. The van der Waals surface area contributed by atoms with E-state index in [1.54, 1.807) is 0 Å². The maximum atomic E-state index is 2.33. The number of hydrogen-bond acceptors (Lipinski definition) is 1. The minimum Gasteiger partial charge on any atom is -0.378 e. The number of fused-ring (bicyclic) bond motifs is 1. The molecule has 156 valence electrons. The third kappa shape index (κ3) is 3.44. The second kappa shape index (κ2) is 8.32. The molecule has 0 bridgehead atoms. The molecule has 1 heterocycles. The first-order chi connectivity index (χ1) is 15.6. The van der Waals surface area contributed by atoms with Crippen molar-refractivity contribution in [3.05, 3.63) is 131 Å². The highest BCUT2D eigenvalue weighted by atomic mass is 15.1. The lowest BCUT2D eigenvalue weighted by atomic mass is 9.86. The summed E-state index contributed by atoms with van der Waals surface area (Å²) in [5.41, 5.74) is 11.1. The summed E-state index contributed by atoms with van der Waals surface area (Å²) in [6.07, 6.45) is 0. The van der Waals surface area contributed by atoms with Crippen LogP contribution in [0.3, 0.4) is 0 Å². The van der Waals surface area contributed by atoms with Gasteiger partial charge in [-0.1, -0.05) is 72.8 Å². The summed E-state index contributed by atoms with van der Waals surface area (Å²) < 4.78 is 2.33. The molecule has 1 aliphatic heterocycles. The predicted molar refractivity (Wildman–Crippen MR) is 136 cm³/mol. The molecule has 0 fully saturated rings. The Hall–Kier alpha value is -3.91. The predicted octanol–water partition coefficient (Wildman–Crippen LogP) is 6.49. The summed E-state index contributed by atoms with van der Waals surface area (Å²) >= 11 is 0. The lowest BCUT2D eigenvalue weighted by Gasteiger charge is -2.16. The van der Waals surface area contributed by atoms with Gasteiger partial charge in [0.1, 0.15) is 7.05 Å². The van der Waals surface area contributed by atoms with E-state index in [9.17, 15) is 0 Å². The Bertz CT molecular complexity index is 1310. The zero-order valence-electron chi connectivity index (χ0n) is 18.8. The average molecular weight is 416 g/mol. The second-order valence-corrected chi connectivity index (χ2v) is 8.35. The summed E-state index contributed by atoms with van der Waals surface area (Å²) in [6.45, 7) is 0. The Balaban J connectivity index is 1.86. The number of anilines is 1. The average Bonchev–Trinajstić information content (AvgIpc) is 3.13. The van der Waals surface area contributed by atoms with Crippen molar-refractivity contribution in [3.63, 3.8) is 0 Å². The number of allylic oxidation sites excluding steroid dienone is 1. The van der Waals surface area contributed by atoms with Crippen LogP contribution in [-0.4, -0.2) is 31.4 Å². The highest BCUT2D eigenvalue weighted by Gasteiger charge is 2.36. The van der Waals surface area contributed by atoms with Crippen LogP contribution in [0.25, 0.3) is 11.1 Å². The largest absolute Gasteiger partial charge is 0.378 e. The van der Waals surface area contributed by atoms with Crippen LogP contribution in [0.2, 0.25) is 0 Å². The van der Waals surface area contributed by atoms with E-state index in [-0.39, 0.29) is 0 Å². The topological polar surface area (TPSA) is 6.25 Å². The summed E-state index contributed by atoms with van der Waals surface area (Å²) in [5, 5.41) is 0. The fourth-order valence-corrected chi connectivity index (χ4v) is 4.57. The third-order valence-electron chi connectivity index (χ3n) is 6.14. The van der Waals surface area contributed by atoms with Crippen LogP contribution in [0.4, 0.5) is 11.4 Å². The van der Waals surface area contributed by atoms with E-state index in [2.05, 4.69) is 140 Å². The van der Waals surface area contributed by atoms with E-state index in [4.69, 9.17) is 0 Å². The minimum absolute atomic E-state index is 1.20. The van der Waals surface area contributed by atoms with E-state index < -0.39 is 0 Å². The molecule has 4 aromatic rings. The van der Waals surface area contributed by atoms with Crippen molar-refractivity contribution in [2.45, 2.75) is 0 Å². The first-order valence-electron chi connectivity index (χ1n) is 11.0. The van der Waals surface area contributed by atoms with Crippen molar-refractivity contribution < 1.29 is 4.58 Å². The molecule has 0 unspecified atom stereocenters. The molecule has 0 aliphatic carbocycles. The van der Waals surface area contributed by atoms with Gasteiger partial charge in [-0.05, 0) is 41.5 Å². The molecule has 0 atom stereocenters. The van der Waals surface area contributed by atoms with Crippen LogP contribution in [0, 0.1) is 0 Å². The van der Waals surface area contributed by atoms with Gasteiger partial charge in [0.25, 0.3) is 0 Å². The molecule has 0 saturated carbocycles. The normalized spacial score (nSPS) is 14.3. The molecule has 5 rings (SSSR count). The SMILES string of the molecule is CN(C)c1ccc(C(=C2C(c3ccccc3)=[N+](C)c3ccccc32)c2ccccc2)cc1. The lowest BCUT2D eigenvalue weighted by Crippen LogP contribution is -2.12. The smallest absolute Gasteiger partial charge is 0.221 e. The van der Waals surface area contributed by atoms with Crippen molar-refractivity contribution >= 4 is 28.2 Å². The molecule has 1 aliphatic rings. The Morgan fingerprint density at radius 1 is 0.625 bits per heavy atom. The summed E-state index contributed by atoms with van der Waals surface area (Å²) in [7, 11) is 6.33. The van der Waals surface area contributed by atoms with Crippen LogP contribution in [-0.2, 0) is 0 Å².